The van der Waals surface area contributed by atoms with Crippen LogP contribution in [0.15, 0.2) is 53.4 Å². The van der Waals surface area contributed by atoms with E-state index < -0.39 is 0 Å². The normalized spacial score (nSPS) is 10.0. The summed E-state index contributed by atoms with van der Waals surface area (Å²) in [6.07, 6.45) is 2.01. The molecule has 1 amide bonds. The van der Waals surface area contributed by atoms with Crippen molar-refractivity contribution < 1.29 is 4.79 Å². The van der Waals surface area contributed by atoms with E-state index in [4.69, 9.17) is 12.2 Å². The largest absolute Gasteiger partial charge is 0.332 e. The first-order chi connectivity index (χ1) is 10.1. The predicted octanol–water partition coefficient (Wildman–Crippen LogP) is 3.84. The number of benzene rings is 2. The van der Waals surface area contributed by atoms with Crippen LogP contribution in [0.2, 0.25) is 0 Å². The third-order valence-corrected chi connectivity index (χ3v) is 3.80. The van der Waals surface area contributed by atoms with E-state index in [0.29, 0.717) is 10.7 Å². The van der Waals surface area contributed by atoms with Crippen LogP contribution in [0.25, 0.3) is 0 Å². The Hall–Kier alpha value is -1.85. The van der Waals surface area contributed by atoms with E-state index in [0.717, 1.165) is 16.1 Å². The first-order valence-electron chi connectivity index (χ1n) is 6.41. The highest BCUT2D eigenvalue weighted by Gasteiger charge is 2.07. The second-order valence-electron chi connectivity index (χ2n) is 4.51. The number of hydrogen-bond acceptors (Lipinski definition) is 3. The van der Waals surface area contributed by atoms with Crippen LogP contribution in [-0.2, 0) is 0 Å². The summed E-state index contributed by atoms with van der Waals surface area (Å²) in [6.45, 7) is 1.98. The van der Waals surface area contributed by atoms with Gasteiger partial charge in [0.2, 0.25) is 0 Å². The number of hydrogen-bond donors (Lipinski definition) is 2. The van der Waals surface area contributed by atoms with Crippen molar-refractivity contribution in [3.05, 3.63) is 59.7 Å². The summed E-state index contributed by atoms with van der Waals surface area (Å²) in [5.74, 6) is -0.214. The van der Waals surface area contributed by atoms with Crippen LogP contribution in [0, 0.1) is 6.92 Å². The highest BCUT2D eigenvalue weighted by molar-refractivity contribution is 7.98. The van der Waals surface area contributed by atoms with E-state index in [9.17, 15) is 4.79 Å². The van der Waals surface area contributed by atoms with Gasteiger partial charge < -0.3 is 5.32 Å². The number of thiocarbonyl (C=S) groups is 1. The van der Waals surface area contributed by atoms with Gasteiger partial charge in [-0.3, -0.25) is 10.1 Å². The van der Waals surface area contributed by atoms with E-state index in [1.54, 1.807) is 23.9 Å². The molecule has 2 aromatic rings. The number of carbonyl (C=O) groups excluding carboxylic acids is 1. The summed E-state index contributed by atoms with van der Waals surface area (Å²) >= 11 is 6.82. The van der Waals surface area contributed by atoms with Gasteiger partial charge in [-0.05, 0) is 55.7 Å². The Bertz CT molecular complexity index is 654. The van der Waals surface area contributed by atoms with Gasteiger partial charge in [-0.1, -0.05) is 23.8 Å². The maximum absolute atomic E-state index is 12.0. The third kappa shape index (κ3) is 4.58. The molecule has 2 rings (SSSR count). The topological polar surface area (TPSA) is 41.1 Å². The molecule has 0 aliphatic carbocycles. The van der Waals surface area contributed by atoms with Gasteiger partial charge in [-0.25, -0.2) is 0 Å². The Morgan fingerprint density at radius 2 is 1.86 bits per heavy atom. The fraction of sp³-hybridized carbons (Fsp3) is 0.125. The number of aryl methyl sites for hydroxylation is 1. The van der Waals surface area contributed by atoms with Crippen molar-refractivity contribution in [2.24, 2.45) is 0 Å². The van der Waals surface area contributed by atoms with Gasteiger partial charge in [-0.15, -0.1) is 11.8 Å². The van der Waals surface area contributed by atoms with Crippen LogP contribution in [0.5, 0.6) is 0 Å². The molecule has 2 N–H and O–H groups in total. The lowest BCUT2D eigenvalue weighted by Gasteiger charge is -2.10. The van der Waals surface area contributed by atoms with Crippen molar-refractivity contribution in [3.8, 4) is 0 Å². The highest BCUT2D eigenvalue weighted by atomic mass is 32.2. The molecule has 0 aromatic heterocycles. The lowest BCUT2D eigenvalue weighted by Crippen LogP contribution is -2.34. The molecule has 0 saturated heterocycles. The summed E-state index contributed by atoms with van der Waals surface area (Å²) < 4.78 is 0. The molecule has 0 unspecified atom stereocenters. The molecule has 0 heterocycles. The average molecular weight is 316 g/mol. The van der Waals surface area contributed by atoms with E-state index >= 15 is 0 Å². The van der Waals surface area contributed by atoms with Crippen LogP contribution in [-0.4, -0.2) is 17.3 Å². The summed E-state index contributed by atoms with van der Waals surface area (Å²) in [6, 6.07) is 15.2. The summed E-state index contributed by atoms with van der Waals surface area (Å²) in [7, 11) is 0. The van der Waals surface area contributed by atoms with Gasteiger partial charge in [0.15, 0.2) is 5.11 Å². The second-order valence-corrected chi connectivity index (χ2v) is 5.79. The van der Waals surface area contributed by atoms with Gasteiger partial charge in [0, 0.05) is 16.1 Å². The van der Waals surface area contributed by atoms with Crippen molar-refractivity contribution in [1.82, 2.24) is 5.32 Å². The maximum Gasteiger partial charge on any atom is 0.257 e. The van der Waals surface area contributed by atoms with E-state index in [-0.39, 0.29) is 5.91 Å². The zero-order valence-corrected chi connectivity index (χ0v) is 13.5. The molecule has 0 saturated carbocycles. The first-order valence-corrected chi connectivity index (χ1v) is 8.05. The molecule has 0 atom stereocenters. The molecule has 3 nitrogen and oxygen atoms in total. The van der Waals surface area contributed by atoms with E-state index in [2.05, 4.69) is 10.6 Å². The molecule has 108 valence electrons. The van der Waals surface area contributed by atoms with Crippen molar-refractivity contribution in [1.29, 1.82) is 0 Å². The average Bonchev–Trinajstić information content (AvgIpc) is 2.47. The van der Waals surface area contributed by atoms with Crippen molar-refractivity contribution in [2.75, 3.05) is 11.6 Å². The third-order valence-electron chi connectivity index (χ3n) is 2.87. The Morgan fingerprint density at radius 1 is 1.14 bits per heavy atom. The molecule has 0 fully saturated rings. The van der Waals surface area contributed by atoms with Crippen molar-refractivity contribution >= 4 is 40.7 Å². The molecule has 21 heavy (non-hydrogen) atoms. The number of anilines is 1. The van der Waals surface area contributed by atoms with Crippen molar-refractivity contribution in [3.63, 3.8) is 0 Å². The summed E-state index contributed by atoms with van der Waals surface area (Å²) in [4.78, 5) is 13.2. The molecule has 5 heteroatoms. The quantitative estimate of drug-likeness (QED) is 0.667. The minimum absolute atomic E-state index is 0.214. The highest BCUT2D eigenvalue weighted by Crippen LogP contribution is 2.18. The van der Waals surface area contributed by atoms with Gasteiger partial charge in [0.25, 0.3) is 5.91 Å². The number of nitrogens with one attached hydrogen (secondary N) is 2. The fourth-order valence-electron chi connectivity index (χ4n) is 1.74. The SMILES string of the molecule is CSc1cccc(NC(=S)NC(=O)c2ccc(C)cc2)c1. The Balaban J connectivity index is 1.97. The standard InChI is InChI=1S/C16H16N2OS2/c1-11-6-8-12(9-7-11)15(19)18-16(20)17-13-4-3-5-14(10-13)21-2/h3-10H,1-2H3,(H2,17,18,19,20). The second kappa shape index (κ2) is 7.24. The van der Waals surface area contributed by atoms with Crippen LogP contribution in [0.3, 0.4) is 0 Å². The zero-order chi connectivity index (χ0) is 15.2. The van der Waals surface area contributed by atoms with Gasteiger partial charge in [-0.2, -0.15) is 0 Å². The number of carbonyl (C=O) groups is 1. The van der Waals surface area contributed by atoms with Gasteiger partial charge >= 0.3 is 0 Å². The minimum atomic E-state index is -0.214. The van der Waals surface area contributed by atoms with Crippen LogP contribution >= 0.6 is 24.0 Å². The van der Waals surface area contributed by atoms with Crippen LogP contribution < -0.4 is 10.6 Å². The molecule has 0 bridgehead atoms. The van der Waals surface area contributed by atoms with E-state index in [1.807, 2.05) is 49.6 Å². The number of thioether (sulfide) groups is 1. The predicted molar refractivity (Wildman–Crippen MR) is 93.1 cm³/mol. The smallest absolute Gasteiger partial charge is 0.257 e. The Labute approximate surface area is 134 Å². The lowest BCUT2D eigenvalue weighted by atomic mass is 10.1. The fourth-order valence-corrected chi connectivity index (χ4v) is 2.41. The summed E-state index contributed by atoms with van der Waals surface area (Å²) in [5.41, 5.74) is 2.56. The molecule has 0 radical (unpaired) electrons. The van der Waals surface area contributed by atoms with Gasteiger partial charge in [0.1, 0.15) is 0 Å². The molecule has 0 spiro atoms. The molecular weight excluding hydrogens is 300 g/mol. The van der Waals surface area contributed by atoms with Crippen LogP contribution in [0.1, 0.15) is 15.9 Å². The number of amides is 1. The van der Waals surface area contributed by atoms with Crippen LogP contribution in [0.4, 0.5) is 5.69 Å². The molecule has 2 aromatic carbocycles. The molecule has 0 aliphatic rings. The molecular formula is C16H16N2OS2. The van der Waals surface area contributed by atoms with Crippen molar-refractivity contribution in [2.45, 2.75) is 11.8 Å². The lowest BCUT2D eigenvalue weighted by molar-refractivity contribution is 0.0978. The first kappa shape index (κ1) is 15.5. The van der Waals surface area contributed by atoms with Gasteiger partial charge in [0.05, 0.1) is 0 Å². The maximum atomic E-state index is 12.0. The molecule has 0 aliphatic heterocycles. The summed E-state index contributed by atoms with van der Waals surface area (Å²) in [5, 5.41) is 5.98. The monoisotopic (exact) mass is 316 g/mol. The Morgan fingerprint density at radius 3 is 2.52 bits per heavy atom. The Kier molecular flexibility index (Phi) is 5.36. The zero-order valence-electron chi connectivity index (χ0n) is 11.8. The minimum Gasteiger partial charge on any atom is -0.332 e. The number of rotatable bonds is 3. The van der Waals surface area contributed by atoms with E-state index in [1.165, 1.54) is 0 Å².